The van der Waals surface area contributed by atoms with E-state index in [1.807, 2.05) is 49.7 Å². The SMILES string of the molecule is CNc1cc(OCc2cc(COc3cc(/N=C\C4Cc5ccccc5N4C)c(C=O)cc3OC)cc([N+](=O)[O-])c2)c(OC)cc1C(=O)N1CCc2ccccc21. The summed E-state index contributed by atoms with van der Waals surface area (Å²) in [6.45, 7) is 0.468. The number of benzene rings is 5. The molecule has 7 rings (SSSR count). The van der Waals surface area contributed by atoms with Crippen LogP contribution in [0.3, 0.4) is 0 Å². The van der Waals surface area contributed by atoms with Crippen LogP contribution < -0.4 is 34.1 Å². The fraction of sp³-hybridized carbons (Fsp3) is 0.233. The van der Waals surface area contributed by atoms with E-state index in [1.165, 1.54) is 31.9 Å². The fourth-order valence-corrected chi connectivity index (χ4v) is 7.18. The molecule has 5 aromatic carbocycles. The normalized spacial score (nSPS) is 14.3. The summed E-state index contributed by atoms with van der Waals surface area (Å²) in [7, 11) is 6.68. The third-order valence-corrected chi connectivity index (χ3v) is 10.1. The molecule has 0 spiro atoms. The second-order valence-corrected chi connectivity index (χ2v) is 13.4. The maximum atomic E-state index is 13.8. The van der Waals surface area contributed by atoms with Gasteiger partial charge in [0.2, 0.25) is 0 Å². The molecule has 13 nitrogen and oxygen atoms in total. The molecular formula is C43H41N5O8. The third-order valence-electron chi connectivity index (χ3n) is 10.1. The number of non-ortho nitro benzene ring substituents is 1. The van der Waals surface area contributed by atoms with Gasteiger partial charge in [-0.15, -0.1) is 0 Å². The van der Waals surface area contributed by atoms with Gasteiger partial charge in [0.25, 0.3) is 11.6 Å². The van der Waals surface area contributed by atoms with Crippen molar-refractivity contribution in [2.75, 3.05) is 50.0 Å². The summed E-state index contributed by atoms with van der Waals surface area (Å²) >= 11 is 0. The second-order valence-electron chi connectivity index (χ2n) is 13.4. The van der Waals surface area contributed by atoms with Gasteiger partial charge in [0.05, 0.1) is 42.1 Å². The van der Waals surface area contributed by atoms with Crippen LogP contribution in [0.1, 0.15) is 43.0 Å². The standard InChI is InChI=1S/C43H41N5O8/c1-44-36-22-42(40(54-4)20-34(36)43(50)47-14-13-29-9-5-8-12-38(29)47)56-26-28-15-27(16-32(17-28)48(51)52)25-55-41-21-35(31(24-49)19-39(41)53-3)45-23-33-18-30-10-6-7-11-37(30)46(33)2/h5-12,15-17,19-24,33,44H,13-14,18,25-26H2,1-4H3/b45-23-. The van der Waals surface area contributed by atoms with Gasteiger partial charge < -0.3 is 34.1 Å². The first kappa shape index (κ1) is 37.4. The monoisotopic (exact) mass is 755 g/mol. The van der Waals surface area contributed by atoms with Gasteiger partial charge in [0.1, 0.15) is 13.2 Å². The smallest absolute Gasteiger partial charge is 0.270 e. The number of hydrogen-bond donors (Lipinski definition) is 1. The molecule has 0 bridgehead atoms. The number of nitro groups is 1. The van der Waals surface area contributed by atoms with Gasteiger partial charge in [0, 0.05) is 68.1 Å². The van der Waals surface area contributed by atoms with Crippen molar-refractivity contribution in [2.45, 2.75) is 32.1 Å². The van der Waals surface area contributed by atoms with Gasteiger partial charge in [0.15, 0.2) is 29.3 Å². The number of aliphatic imine (C=N–C) groups is 1. The van der Waals surface area contributed by atoms with Crippen LogP contribution in [0.4, 0.5) is 28.4 Å². The Kier molecular flexibility index (Phi) is 10.8. The van der Waals surface area contributed by atoms with Crippen molar-refractivity contribution >= 4 is 46.8 Å². The minimum absolute atomic E-state index is 0.00204. The molecule has 286 valence electrons. The zero-order chi connectivity index (χ0) is 39.3. The first-order chi connectivity index (χ1) is 27.2. The molecule has 13 heteroatoms. The van der Waals surface area contributed by atoms with E-state index < -0.39 is 4.92 Å². The number of carbonyl (C=O) groups is 2. The molecule has 1 unspecified atom stereocenters. The van der Waals surface area contributed by atoms with E-state index in [1.54, 1.807) is 42.3 Å². The molecule has 0 radical (unpaired) electrons. The summed E-state index contributed by atoms with van der Waals surface area (Å²) in [5.74, 6) is 1.14. The number of carbonyl (C=O) groups excluding carboxylic acids is 2. The van der Waals surface area contributed by atoms with Crippen molar-refractivity contribution in [2.24, 2.45) is 4.99 Å². The summed E-state index contributed by atoms with van der Waals surface area (Å²) in [6.07, 6.45) is 4.09. The first-order valence-electron chi connectivity index (χ1n) is 18.1. The third kappa shape index (κ3) is 7.56. The zero-order valence-electron chi connectivity index (χ0n) is 31.5. The molecule has 1 amide bonds. The number of likely N-dealkylation sites (N-methyl/N-ethyl adjacent to an activating group) is 1. The van der Waals surface area contributed by atoms with E-state index in [9.17, 15) is 19.7 Å². The van der Waals surface area contributed by atoms with Gasteiger partial charge in [-0.1, -0.05) is 36.4 Å². The number of aldehydes is 1. The molecule has 2 heterocycles. The highest BCUT2D eigenvalue weighted by Gasteiger charge is 2.28. The molecule has 0 aliphatic carbocycles. The lowest BCUT2D eigenvalue weighted by molar-refractivity contribution is -0.385. The Labute approximate surface area is 324 Å². The van der Waals surface area contributed by atoms with Crippen LogP contribution in [-0.4, -0.2) is 64.2 Å². The average molecular weight is 756 g/mol. The number of methoxy groups -OCH3 is 2. The highest BCUT2D eigenvalue weighted by atomic mass is 16.6. The fourth-order valence-electron chi connectivity index (χ4n) is 7.18. The van der Waals surface area contributed by atoms with Gasteiger partial charge in [-0.2, -0.15) is 0 Å². The molecule has 2 aliphatic heterocycles. The number of para-hydroxylation sites is 2. The molecule has 1 N–H and O–H groups in total. The highest BCUT2D eigenvalue weighted by molar-refractivity contribution is 6.11. The number of rotatable bonds is 14. The predicted octanol–water partition coefficient (Wildman–Crippen LogP) is 7.59. The number of fused-ring (bicyclic) bond motifs is 2. The van der Waals surface area contributed by atoms with Crippen LogP contribution in [0, 0.1) is 10.1 Å². The molecule has 0 fully saturated rings. The van der Waals surface area contributed by atoms with E-state index in [4.69, 9.17) is 18.9 Å². The van der Waals surface area contributed by atoms with Crippen molar-refractivity contribution in [3.8, 4) is 23.0 Å². The van der Waals surface area contributed by atoms with Crippen molar-refractivity contribution in [1.29, 1.82) is 0 Å². The number of nitrogens with zero attached hydrogens (tertiary/aromatic N) is 4. The van der Waals surface area contributed by atoms with Gasteiger partial charge in [-0.3, -0.25) is 24.7 Å². The lowest BCUT2D eigenvalue weighted by Crippen LogP contribution is -2.29. The molecule has 5 aromatic rings. The maximum Gasteiger partial charge on any atom is 0.270 e. The number of hydrogen-bond acceptors (Lipinski definition) is 11. The van der Waals surface area contributed by atoms with E-state index in [-0.39, 0.29) is 30.9 Å². The molecule has 0 saturated carbocycles. The minimum Gasteiger partial charge on any atom is -0.493 e. The first-order valence-corrected chi connectivity index (χ1v) is 18.1. The summed E-state index contributed by atoms with van der Waals surface area (Å²) in [5, 5.41) is 15.1. The zero-order valence-corrected chi connectivity index (χ0v) is 31.5. The van der Waals surface area contributed by atoms with E-state index >= 15 is 0 Å². The number of nitro benzene ring substituents is 1. The van der Waals surface area contributed by atoms with Crippen LogP contribution >= 0.6 is 0 Å². The minimum atomic E-state index is -0.478. The summed E-state index contributed by atoms with van der Waals surface area (Å²) in [4.78, 5) is 45.9. The average Bonchev–Trinajstić information content (AvgIpc) is 3.81. The molecule has 56 heavy (non-hydrogen) atoms. The number of anilines is 3. The molecular weight excluding hydrogens is 714 g/mol. The molecule has 0 saturated heterocycles. The summed E-state index contributed by atoms with van der Waals surface area (Å²) < 4.78 is 23.5. The topological polar surface area (TPSA) is 145 Å². The summed E-state index contributed by atoms with van der Waals surface area (Å²) in [6, 6.07) is 27.1. The number of amides is 1. The molecule has 2 aliphatic rings. The number of ether oxygens (including phenoxy) is 4. The van der Waals surface area contributed by atoms with Gasteiger partial charge in [-0.05, 0) is 65.4 Å². The second kappa shape index (κ2) is 16.2. The molecule has 1 atom stereocenters. The van der Waals surface area contributed by atoms with Crippen molar-refractivity contribution in [3.63, 3.8) is 0 Å². The Morgan fingerprint density at radius 2 is 1.52 bits per heavy atom. The van der Waals surface area contributed by atoms with Crippen LogP contribution in [0.15, 0.2) is 96.0 Å². The van der Waals surface area contributed by atoms with Crippen LogP contribution in [-0.2, 0) is 26.1 Å². The predicted molar refractivity (Wildman–Crippen MR) is 215 cm³/mol. The van der Waals surface area contributed by atoms with Gasteiger partial charge in [-0.25, -0.2) is 0 Å². The van der Waals surface area contributed by atoms with Gasteiger partial charge >= 0.3 is 0 Å². The largest absolute Gasteiger partial charge is 0.493 e. The Morgan fingerprint density at radius 3 is 2.16 bits per heavy atom. The Bertz CT molecular complexity index is 2340. The Balaban J connectivity index is 1.09. The van der Waals surface area contributed by atoms with Crippen molar-refractivity contribution < 1.29 is 33.5 Å². The number of nitrogens with one attached hydrogen (secondary N) is 1. The maximum absolute atomic E-state index is 13.8. The van der Waals surface area contributed by atoms with E-state index in [0.29, 0.717) is 69.5 Å². The Morgan fingerprint density at radius 1 is 0.875 bits per heavy atom. The van der Waals surface area contributed by atoms with Crippen molar-refractivity contribution in [3.05, 3.63) is 134 Å². The lowest BCUT2D eigenvalue weighted by Gasteiger charge is -2.21. The van der Waals surface area contributed by atoms with Crippen molar-refractivity contribution in [1.82, 2.24) is 0 Å². The lowest BCUT2D eigenvalue weighted by atomic mass is 10.1. The summed E-state index contributed by atoms with van der Waals surface area (Å²) in [5.41, 5.74) is 6.92. The van der Waals surface area contributed by atoms with Crippen LogP contribution in [0.25, 0.3) is 0 Å². The van der Waals surface area contributed by atoms with Crippen LogP contribution in [0.2, 0.25) is 0 Å². The van der Waals surface area contributed by atoms with Crippen LogP contribution in [0.5, 0.6) is 23.0 Å². The van der Waals surface area contributed by atoms with E-state index in [0.717, 1.165) is 29.8 Å². The Hall–Kier alpha value is -6.89. The quantitative estimate of drug-likeness (QED) is 0.0521. The molecule has 0 aromatic heterocycles. The highest BCUT2D eigenvalue weighted by Crippen LogP contribution is 2.39. The van der Waals surface area contributed by atoms with E-state index in [2.05, 4.69) is 27.3 Å².